The normalized spacial score (nSPS) is 16.6. The van der Waals surface area contributed by atoms with Crippen LogP contribution in [0.15, 0.2) is 6.07 Å². The summed E-state index contributed by atoms with van der Waals surface area (Å²) in [7, 11) is 0. The van der Waals surface area contributed by atoms with Gasteiger partial charge in [-0.05, 0) is 32.9 Å². The van der Waals surface area contributed by atoms with Crippen molar-refractivity contribution in [2.75, 3.05) is 31.6 Å². The van der Waals surface area contributed by atoms with E-state index in [0.29, 0.717) is 12.0 Å². The third-order valence-corrected chi connectivity index (χ3v) is 3.44. The first-order chi connectivity index (χ1) is 9.65. The van der Waals surface area contributed by atoms with E-state index in [9.17, 15) is 0 Å². The average Bonchev–Trinajstić information content (AvgIpc) is 2.44. The van der Waals surface area contributed by atoms with Gasteiger partial charge in [-0.25, -0.2) is 9.97 Å². The lowest BCUT2D eigenvalue weighted by atomic mass is 10.1. The van der Waals surface area contributed by atoms with Crippen LogP contribution in [0.2, 0.25) is 0 Å². The first-order valence-corrected chi connectivity index (χ1v) is 7.57. The lowest BCUT2D eigenvalue weighted by Gasteiger charge is -2.23. The Bertz CT molecular complexity index is 416. The van der Waals surface area contributed by atoms with Crippen LogP contribution in [0.1, 0.15) is 44.1 Å². The van der Waals surface area contributed by atoms with E-state index in [-0.39, 0.29) is 0 Å². The number of ether oxygens (including phenoxy) is 1. The van der Waals surface area contributed by atoms with Crippen LogP contribution in [0.25, 0.3) is 0 Å². The average molecular weight is 278 g/mol. The largest absolute Gasteiger partial charge is 0.376 e. The highest BCUT2D eigenvalue weighted by atomic mass is 16.5. The van der Waals surface area contributed by atoms with Crippen LogP contribution in [0.4, 0.5) is 5.82 Å². The molecule has 5 heteroatoms. The molecule has 0 atom stereocenters. The Morgan fingerprint density at radius 1 is 1.35 bits per heavy atom. The summed E-state index contributed by atoms with van der Waals surface area (Å²) in [6.45, 7) is 9.88. The summed E-state index contributed by atoms with van der Waals surface area (Å²) in [6.07, 6.45) is 2.64. The van der Waals surface area contributed by atoms with Crippen molar-refractivity contribution in [1.29, 1.82) is 0 Å². The SMILES string of the molecule is Cc1cc(NCCOC2CCNCC2)nc(C(C)C)n1. The second kappa shape index (κ2) is 7.55. The van der Waals surface area contributed by atoms with E-state index in [1.807, 2.05) is 13.0 Å². The summed E-state index contributed by atoms with van der Waals surface area (Å²) in [5.41, 5.74) is 1.01. The molecule has 1 fully saturated rings. The van der Waals surface area contributed by atoms with Crippen molar-refractivity contribution in [2.45, 2.75) is 45.6 Å². The number of nitrogens with one attached hydrogen (secondary N) is 2. The predicted octanol–water partition coefficient (Wildman–Crippen LogP) is 2.09. The zero-order chi connectivity index (χ0) is 14.4. The van der Waals surface area contributed by atoms with Gasteiger partial charge in [-0.15, -0.1) is 0 Å². The number of anilines is 1. The van der Waals surface area contributed by atoms with Gasteiger partial charge in [0, 0.05) is 24.2 Å². The predicted molar refractivity (Wildman–Crippen MR) is 81.2 cm³/mol. The summed E-state index contributed by atoms with van der Waals surface area (Å²) in [4.78, 5) is 8.98. The quantitative estimate of drug-likeness (QED) is 0.780. The molecule has 0 aliphatic carbocycles. The maximum Gasteiger partial charge on any atom is 0.133 e. The molecule has 1 saturated heterocycles. The van der Waals surface area contributed by atoms with Crippen LogP contribution in [0.3, 0.4) is 0 Å². The van der Waals surface area contributed by atoms with Crippen molar-refractivity contribution < 1.29 is 4.74 Å². The summed E-state index contributed by atoms with van der Waals surface area (Å²) < 4.78 is 5.87. The molecule has 1 aromatic heterocycles. The first-order valence-electron chi connectivity index (χ1n) is 7.57. The van der Waals surface area contributed by atoms with E-state index < -0.39 is 0 Å². The minimum atomic E-state index is 0.349. The van der Waals surface area contributed by atoms with Crippen molar-refractivity contribution in [3.63, 3.8) is 0 Å². The van der Waals surface area contributed by atoms with E-state index in [0.717, 1.165) is 56.4 Å². The molecule has 2 rings (SSSR count). The molecule has 2 heterocycles. The standard InChI is InChI=1S/C15H26N4O/c1-11(2)15-18-12(3)10-14(19-15)17-8-9-20-13-4-6-16-7-5-13/h10-11,13,16H,4-9H2,1-3H3,(H,17,18,19). The van der Waals surface area contributed by atoms with Crippen LogP contribution >= 0.6 is 0 Å². The van der Waals surface area contributed by atoms with Crippen molar-refractivity contribution >= 4 is 5.82 Å². The fraction of sp³-hybridized carbons (Fsp3) is 0.733. The summed E-state index contributed by atoms with van der Waals surface area (Å²) in [6, 6.07) is 1.98. The lowest BCUT2D eigenvalue weighted by Crippen LogP contribution is -2.33. The molecular weight excluding hydrogens is 252 g/mol. The molecule has 0 unspecified atom stereocenters. The molecule has 0 spiro atoms. The van der Waals surface area contributed by atoms with Gasteiger partial charge >= 0.3 is 0 Å². The maximum absolute atomic E-state index is 5.87. The topological polar surface area (TPSA) is 59.1 Å². The first kappa shape index (κ1) is 15.2. The molecule has 2 N–H and O–H groups in total. The molecule has 1 aliphatic rings. The van der Waals surface area contributed by atoms with Gasteiger partial charge in [-0.1, -0.05) is 13.8 Å². The van der Waals surface area contributed by atoms with Gasteiger partial charge in [0.2, 0.25) is 0 Å². The molecule has 0 radical (unpaired) electrons. The van der Waals surface area contributed by atoms with Gasteiger partial charge in [-0.3, -0.25) is 0 Å². The third kappa shape index (κ3) is 4.72. The monoisotopic (exact) mass is 278 g/mol. The summed E-state index contributed by atoms with van der Waals surface area (Å²) in [5, 5.41) is 6.67. The molecule has 0 saturated carbocycles. The van der Waals surface area contributed by atoms with Gasteiger partial charge < -0.3 is 15.4 Å². The lowest BCUT2D eigenvalue weighted by molar-refractivity contribution is 0.0394. The second-order valence-electron chi connectivity index (χ2n) is 5.65. The van der Waals surface area contributed by atoms with Gasteiger partial charge in [0.05, 0.1) is 12.7 Å². The fourth-order valence-electron chi connectivity index (χ4n) is 2.31. The summed E-state index contributed by atoms with van der Waals surface area (Å²) >= 11 is 0. The second-order valence-corrected chi connectivity index (χ2v) is 5.65. The van der Waals surface area contributed by atoms with Gasteiger partial charge in [0.1, 0.15) is 11.6 Å². The van der Waals surface area contributed by atoms with Crippen LogP contribution in [-0.2, 0) is 4.74 Å². The van der Waals surface area contributed by atoms with Crippen molar-refractivity contribution in [2.24, 2.45) is 0 Å². The minimum absolute atomic E-state index is 0.349. The van der Waals surface area contributed by atoms with Gasteiger partial charge in [0.25, 0.3) is 0 Å². The zero-order valence-electron chi connectivity index (χ0n) is 12.8. The Morgan fingerprint density at radius 3 is 2.80 bits per heavy atom. The molecule has 20 heavy (non-hydrogen) atoms. The molecule has 0 amide bonds. The van der Waals surface area contributed by atoms with Crippen LogP contribution in [0, 0.1) is 6.92 Å². The Morgan fingerprint density at radius 2 is 2.10 bits per heavy atom. The maximum atomic E-state index is 5.87. The third-order valence-electron chi connectivity index (χ3n) is 3.44. The fourth-order valence-corrected chi connectivity index (χ4v) is 2.31. The molecule has 5 nitrogen and oxygen atoms in total. The van der Waals surface area contributed by atoms with Crippen LogP contribution in [-0.4, -0.2) is 42.3 Å². The highest BCUT2D eigenvalue weighted by Crippen LogP contribution is 2.13. The van der Waals surface area contributed by atoms with E-state index in [1.54, 1.807) is 0 Å². The molecule has 112 valence electrons. The van der Waals surface area contributed by atoms with Gasteiger partial charge in [0.15, 0.2) is 0 Å². The van der Waals surface area contributed by atoms with E-state index in [4.69, 9.17) is 4.74 Å². The van der Waals surface area contributed by atoms with E-state index in [1.165, 1.54) is 0 Å². The van der Waals surface area contributed by atoms with Crippen LogP contribution < -0.4 is 10.6 Å². The smallest absolute Gasteiger partial charge is 0.133 e. The van der Waals surface area contributed by atoms with Crippen molar-refractivity contribution in [3.8, 4) is 0 Å². The van der Waals surface area contributed by atoms with Crippen LogP contribution in [0.5, 0.6) is 0 Å². The Hall–Kier alpha value is -1.20. The molecule has 0 bridgehead atoms. The Labute approximate surface area is 121 Å². The van der Waals surface area contributed by atoms with E-state index in [2.05, 4.69) is 34.4 Å². The Kier molecular flexibility index (Phi) is 5.73. The summed E-state index contributed by atoms with van der Waals surface area (Å²) in [5.74, 6) is 2.14. The zero-order valence-corrected chi connectivity index (χ0v) is 12.8. The molecule has 1 aliphatic heterocycles. The van der Waals surface area contributed by atoms with Crippen molar-refractivity contribution in [1.82, 2.24) is 15.3 Å². The molecule has 0 aromatic carbocycles. The van der Waals surface area contributed by atoms with E-state index >= 15 is 0 Å². The number of piperidine rings is 1. The molecular formula is C15H26N4O. The number of nitrogens with zero attached hydrogens (tertiary/aromatic N) is 2. The number of aromatic nitrogens is 2. The highest BCUT2D eigenvalue weighted by Gasteiger charge is 2.12. The number of hydrogen-bond acceptors (Lipinski definition) is 5. The number of aryl methyl sites for hydroxylation is 1. The minimum Gasteiger partial charge on any atom is -0.376 e. The van der Waals surface area contributed by atoms with Crippen molar-refractivity contribution in [3.05, 3.63) is 17.6 Å². The highest BCUT2D eigenvalue weighted by molar-refractivity contribution is 5.36. The molecule has 1 aromatic rings. The van der Waals surface area contributed by atoms with Gasteiger partial charge in [-0.2, -0.15) is 0 Å². The Balaban J connectivity index is 1.75. The number of hydrogen-bond donors (Lipinski definition) is 2. The number of rotatable bonds is 6.